The number of amidine groups is 1. The normalized spacial score (nSPS) is 11.7. The monoisotopic (exact) mass is 187 g/mol. The standard InChI is InChI=1S/C4H6BN3O3S/c6-3(8-11)2-1-7-4(12-2)5(9)10/h1,9-11H,(H2,6,8). The first-order valence-electron chi connectivity index (χ1n) is 2.95. The van der Waals surface area contributed by atoms with E-state index in [1.807, 2.05) is 0 Å². The molecule has 1 rings (SSSR count). The van der Waals surface area contributed by atoms with Gasteiger partial charge in [-0.3, -0.25) is 4.98 Å². The van der Waals surface area contributed by atoms with Crippen LogP contribution in [-0.2, 0) is 0 Å². The Balaban J connectivity index is 2.92. The number of oxime groups is 1. The maximum absolute atomic E-state index is 8.65. The van der Waals surface area contributed by atoms with Crippen molar-refractivity contribution in [1.82, 2.24) is 4.98 Å². The number of nitrogens with zero attached hydrogens (tertiary/aromatic N) is 2. The molecule has 1 aromatic rings. The largest absolute Gasteiger partial charge is 0.519 e. The number of rotatable bonds is 2. The summed E-state index contributed by atoms with van der Waals surface area (Å²) in [5.74, 6) is -0.0978. The van der Waals surface area contributed by atoms with Gasteiger partial charge in [-0.15, -0.1) is 11.3 Å². The summed E-state index contributed by atoms with van der Waals surface area (Å²) in [7, 11) is -1.62. The average molecular weight is 187 g/mol. The molecule has 0 radical (unpaired) electrons. The first-order chi connectivity index (χ1) is 5.65. The molecule has 0 saturated carbocycles. The first-order valence-corrected chi connectivity index (χ1v) is 3.76. The van der Waals surface area contributed by atoms with E-state index < -0.39 is 7.12 Å². The van der Waals surface area contributed by atoms with Crippen LogP contribution >= 0.6 is 11.3 Å². The molecule has 5 N–H and O–H groups in total. The molecule has 0 aromatic carbocycles. The second-order valence-electron chi connectivity index (χ2n) is 1.92. The summed E-state index contributed by atoms with van der Waals surface area (Å²) in [5, 5.41) is 28.3. The molecule has 0 saturated heterocycles. The Morgan fingerprint density at radius 1 is 1.67 bits per heavy atom. The van der Waals surface area contributed by atoms with Crippen molar-refractivity contribution >= 4 is 29.2 Å². The highest BCUT2D eigenvalue weighted by molar-refractivity contribution is 7.23. The minimum Gasteiger partial charge on any atom is -0.422 e. The second-order valence-corrected chi connectivity index (χ2v) is 2.98. The van der Waals surface area contributed by atoms with E-state index in [1.54, 1.807) is 0 Å². The Morgan fingerprint density at radius 2 is 2.33 bits per heavy atom. The topological polar surface area (TPSA) is 112 Å². The van der Waals surface area contributed by atoms with E-state index in [9.17, 15) is 0 Å². The molecule has 0 fully saturated rings. The van der Waals surface area contributed by atoms with Crippen molar-refractivity contribution in [2.75, 3.05) is 0 Å². The zero-order chi connectivity index (χ0) is 9.14. The van der Waals surface area contributed by atoms with Crippen molar-refractivity contribution in [3.05, 3.63) is 11.1 Å². The quantitative estimate of drug-likeness (QED) is 0.139. The Morgan fingerprint density at radius 3 is 2.75 bits per heavy atom. The lowest BCUT2D eigenvalue weighted by Crippen LogP contribution is -2.28. The van der Waals surface area contributed by atoms with Crippen LogP contribution in [0.1, 0.15) is 4.88 Å². The Labute approximate surface area is 72.1 Å². The highest BCUT2D eigenvalue weighted by atomic mass is 32.1. The third-order valence-corrected chi connectivity index (χ3v) is 2.16. The molecule has 0 amide bonds. The van der Waals surface area contributed by atoms with Crippen LogP contribution in [0.15, 0.2) is 11.4 Å². The van der Waals surface area contributed by atoms with Crippen molar-refractivity contribution in [1.29, 1.82) is 0 Å². The van der Waals surface area contributed by atoms with Gasteiger partial charge in [-0.1, -0.05) is 5.16 Å². The van der Waals surface area contributed by atoms with Gasteiger partial charge < -0.3 is 21.0 Å². The van der Waals surface area contributed by atoms with E-state index in [1.165, 1.54) is 6.20 Å². The second kappa shape index (κ2) is 3.52. The van der Waals surface area contributed by atoms with E-state index >= 15 is 0 Å². The number of thiazole rings is 1. The van der Waals surface area contributed by atoms with Gasteiger partial charge in [-0.2, -0.15) is 0 Å². The molecule has 1 heterocycles. The minimum atomic E-state index is -1.62. The van der Waals surface area contributed by atoms with Gasteiger partial charge in [0.15, 0.2) is 5.84 Å². The molecule has 0 unspecified atom stereocenters. The van der Waals surface area contributed by atoms with Gasteiger partial charge in [0.2, 0.25) is 0 Å². The highest BCUT2D eigenvalue weighted by Crippen LogP contribution is 2.02. The van der Waals surface area contributed by atoms with Crippen LogP contribution in [0.5, 0.6) is 0 Å². The summed E-state index contributed by atoms with van der Waals surface area (Å²) in [6, 6.07) is 0. The van der Waals surface area contributed by atoms with Crippen LogP contribution in [-0.4, -0.2) is 33.2 Å². The molecule has 0 spiro atoms. The summed E-state index contributed by atoms with van der Waals surface area (Å²) in [6.07, 6.45) is 1.30. The first kappa shape index (κ1) is 8.98. The van der Waals surface area contributed by atoms with Crippen molar-refractivity contribution in [2.24, 2.45) is 10.9 Å². The summed E-state index contributed by atoms with van der Waals surface area (Å²) in [5.41, 5.74) is 5.21. The van der Waals surface area contributed by atoms with Crippen LogP contribution in [0, 0.1) is 0 Å². The van der Waals surface area contributed by atoms with Crippen molar-refractivity contribution in [2.45, 2.75) is 0 Å². The third-order valence-electron chi connectivity index (χ3n) is 1.10. The third kappa shape index (κ3) is 1.73. The molecule has 0 atom stereocenters. The van der Waals surface area contributed by atoms with Gasteiger partial charge in [0.1, 0.15) is 4.91 Å². The molecule has 0 aliphatic carbocycles. The van der Waals surface area contributed by atoms with Crippen molar-refractivity contribution in [3.63, 3.8) is 0 Å². The summed E-state index contributed by atoms with van der Waals surface area (Å²) in [4.78, 5) is 4.13. The molecule has 12 heavy (non-hydrogen) atoms. The zero-order valence-corrected chi connectivity index (χ0v) is 6.69. The minimum absolute atomic E-state index is 0.0978. The van der Waals surface area contributed by atoms with E-state index in [-0.39, 0.29) is 10.7 Å². The van der Waals surface area contributed by atoms with Crippen molar-refractivity contribution < 1.29 is 15.3 Å². The van der Waals surface area contributed by atoms with Gasteiger partial charge in [0, 0.05) is 6.20 Å². The van der Waals surface area contributed by atoms with Crippen LogP contribution in [0.4, 0.5) is 0 Å². The average Bonchev–Trinajstić information content (AvgIpc) is 2.51. The molecule has 8 heteroatoms. The van der Waals surface area contributed by atoms with Gasteiger partial charge in [0.05, 0.1) is 4.88 Å². The van der Waals surface area contributed by atoms with Gasteiger partial charge >= 0.3 is 7.12 Å². The lowest BCUT2D eigenvalue weighted by molar-refractivity contribution is 0.319. The Bertz CT molecular complexity index is 299. The highest BCUT2D eigenvalue weighted by Gasteiger charge is 2.16. The predicted octanol–water partition coefficient (Wildman–Crippen LogP) is -2.08. The number of nitrogens with two attached hydrogens (primary N) is 1. The summed E-state index contributed by atoms with van der Waals surface area (Å²) >= 11 is 0.947. The molecule has 0 aliphatic rings. The fourth-order valence-electron chi connectivity index (χ4n) is 0.575. The number of hydrogen-bond donors (Lipinski definition) is 4. The SMILES string of the molecule is N/C(=N\O)c1cnc(B(O)O)s1. The maximum Gasteiger partial charge on any atom is 0.519 e. The van der Waals surface area contributed by atoms with Crippen LogP contribution in [0.25, 0.3) is 0 Å². The zero-order valence-electron chi connectivity index (χ0n) is 5.88. The molecular formula is C4H6BN3O3S. The molecule has 64 valence electrons. The summed E-state index contributed by atoms with van der Waals surface area (Å²) in [6.45, 7) is 0. The number of hydrogen-bond acceptors (Lipinski definition) is 6. The number of aromatic nitrogens is 1. The Kier molecular flexibility index (Phi) is 2.63. The van der Waals surface area contributed by atoms with E-state index in [0.717, 1.165) is 11.3 Å². The molecule has 6 nitrogen and oxygen atoms in total. The van der Waals surface area contributed by atoms with Crippen LogP contribution < -0.4 is 10.6 Å². The molecular weight excluding hydrogens is 181 g/mol. The van der Waals surface area contributed by atoms with E-state index in [2.05, 4.69) is 10.1 Å². The van der Waals surface area contributed by atoms with E-state index in [4.69, 9.17) is 21.0 Å². The maximum atomic E-state index is 8.65. The molecule has 1 aromatic heterocycles. The van der Waals surface area contributed by atoms with Crippen molar-refractivity contribution in [3.8, 4) is 0 Å². The smallest absolute Gasteiger partial charge is 0.422 e. The fraction of sp³-hybridized carbons (Fsp3) is 0. The van der Waals surface area contributed by atoms with Crippen LogP contribution in [0.3, 0.4) is 0 Å². The van der Waals surface area contributed by atoms with Crippen LogP contribution in [0.2, 0.25) is 0 Å². The van der Waals surface area contributed by atoms with E-state index in [0.29, 0.717) is 4.88 Å². The van der Waals surface area contributed by atoms with Gasteiger partial charge in [-0.05, 0) is 0 Å². The van der Waals surface area contributed by atoms with Gasteiger partial charge in [-0.25, -0.2) is 0 Å². The fourth-order valence-corrected chi connectivity index (χ4v) is 1.26. The lowest BCUT2D eigenvalue weighted by Gasteiger charge is -1.89. The lowest BCUT2D eigenvalue weighted by atomic mass is 9.94. The predicted molar refractivity (Wildman–Crippen MR) is 44.5 cm³/mol. The van der Waals surface area contributed by atoms with Gasteiger partial charge in [0.25, 0.3) is 0 Å². The molecule has 0 aliphatic heterocycles. The molecule has 0 bridgehead atoms. The summed E-state index contributed by atoms with van der Waals surface area (Å²) < 4.78 is 0. The Hall–Kier alpha value is -1.12.